The largest absolute Gasteiger partial charge is 0.481 e. The van der Waals surface area contributed by atoms with E-state index >= 15 is 0 Å². The molecule has 1 aliphatic heterocycles. The Hall–Kier alpha value is -2.77. The van der Waals surface area contributed by atoms with Crippen molar-refractivity contribution in [1.29, 1.82) is 0 Å². The van der Waals surface area contributed by atoms with E-state index in [1.807, 2.05) is 14.1 Å². The van der Waals surface area contributed by atoms with Crippen LogP contribution < -0.4 is 9.80 Å². The van der Waals surface area contributed by atoms with Gasteiger partial charge < -0.3 is 14.9 Å². The van der Waals surface area contributed by atoms with Gasteiger partial charge in [0.05, 0.1) is 18.1 Å². The van der Waals surface area contributed by atoms with E-state index in [1.165, 1.54) is 18.3 Å². The molecule has 0 spiro atoms. The summed E-state index contributed by atoms with van der Waals surface area (Å²) in [6.07, 6.45) is 4.34. The predicted molar refractivity (Wildman–Crippen MR) is 98.9 cm³/mol. The van der Waals surface area contributed by atoms with Crippen molar-refractivity contribution in [3.8, 4) is 11.3 Å². The zero-order chi connectivity index (χ0) is 19.6. The van der Waals surface area contributed by atoms with Crippen LogP contribution in [0, 0.1) is 17.6 Å². The summed E-state index contributed by atoms with van der Waals surface area (Å²) < 4.78 is 29.4. The molecule has 0 atom stereocenters. The monoisotopic (exact) mass is 376 g/mol. The van der Waals surface area contributed by atoms with Crippen LogP contribution in [0.15, 0.2) is 24.5 Å². The number of benzene rings is 1. The van der Waals surface area contributed by atoms with Crippen LogP contribution in [0.2, 0.25) is 0 Å². The average Bonchev–Trinajstić information content (AvgIpc) is 2.62. The van der Waals surface area contributed by atoms with Gasteiger partial charge >= 0.3 is 5.97 Å². The summed E-state index contributed by atoms with van der Waals surface area (Å²) in [6, 6.07) is 2.54. The standard InChI is InChI=1S/C19H22F2N4O2/c1-24(2)17-11-22-10-16(23-17)13-8-14(20)19(15(21)9-13)25-5-3-12(4-6-25)7-18(26)27/h8-12H,3-7H2,1-2H3,(H,26,27). The molecule has 1 N–H and O–H groups in total. The zero-order valence-corrected chi connectivity index (χ0v) is 15.3. The molecule has 1 aromatic heterocycles. The molecule has 144 valence electrons. The third kappa shape index (κ3) is 4.32. The Bertz CT molecular complexity index is 813. The van der Waals surface area contributed by atoms with Crippen LogP contribution in [0.4, 0.5) is 20.3 Å². The Morgan fingerprint density at radius 1 is 1.22 bits per heavy atom. The van der Waals surface area contributed by atoms with Gasteiger partial charge in [-0.3, -0.25) is 9.78 Å². The molecule has 0 radical (unpaired) electrons. The Morgan fingerprint density at radius 3 is 2.41 bits per heavy atom. The van der Waals surface area contributed by atoms with Crippen LogP contribution in [0.3, 0.4) is 0 Å². The fraction of sp³-hybridized carbons (Fsp3) is 0.421. The van der Waals surface area contributed by atoms with E-state index < -0.39 is 17.6 Å². The molecule has 1 aliphatic rings. The van der Waals surface area contributed by atoms with E-state index in [9.17, 15) is 13.6 Å². The normalized spacial score (nSPS) is 15.0. The number of aromatic nitrogens is 2. The number of hydrogen-bond acceptors (Lipinski definition) is 5. The van der Waals surface area contributed by atoms with E-state index in [1.54, 1.807) is 16.0 Å². The number of hydrogen-bond donors (Lipinski definition) is 1. The maximum absolute atomic E-state index is 14.7. The highest BCUT2D eigenvalue weighted by molar-refractivity contribution is 5.67. The average molecular weight is 376 g/mol. The van der Waals surface area contributed by atoms with Gasteiger partial charge in [-0.2, -0.15) is 0 Å². The third-order valence-electron chi connectivity index (χ3n) is 4.79. The number of carbonyl (C=O) groups is 1. The number of anilines is 2. The van der Waals surface area contributed by atoms with E-state index in [0.29, 0.717) is 43.0 Å². The Kier molecular flexibility index (Phi) is 5.53. The second-order valence-electron chi connectivity index (χ2n) is 6.97. The maximum Gasteiger partial charge on any atom is 0.303 e. The molecule has 8 heteroatoms. The van der Waals surface area contributed by atoms with Crippen molar-refractivity contribution >= 4 is 17.5 Å². The fourth-order valence-corrected chi connectivity index (χ4v) is 3.33. The van der Waals surface area contributed by atoms with Crippen molar-refractivity contribution in [3.63, 3.8) is 0 Å². The molecule has 0 saturated carbocycles. The number of halogens is 2. The molecule has 2 aromatic rings. The SMILES string of the molecule is CN(C)c1cncc(-c2cc(F)c(N3CCC(CC(=O)O)CC3)c(F)c2)n1. The minimum absolute atomic E-state index is 0.0493. The number of carboxylic acids is 1. The molecule has 1 aromatic carbocycles. The Labute approximate surface area is 156 Å². The lowest BCUT2D eigenvalue weighted by Crippen LogP contribution is -2.35. The summed E-state index contributed by atoms with van der Waals surface area (Å²) in [7, 11) is 3.62. The van der Waals surface area contributed by atoms with Gasteiger partial charge in [0.25, 0.3) is 0 Å². The number of carboxylic acid groups (broad SMARTS) is 1. The van der Waals surface area contributed by atoms with Crippen molar-refractivity contribution in [2.24, 2.45) is 5.92 Å². The molecule has 0 amide bonds. The molecule has 0 unspecified atom stereocenters. The molecule has 0 aliphatic carbocycles. The third-order valence-corrected chi connectivity index (χ3v) is 4.79. The molecule has 27 heavy (non-hydrogen) atoms. The van der Waals surface area contributed by atoms with Crippen molar-refractivity contribution in [1.82, 2.24) is 9.97 Å². The number of piperidine rings is 1. The number of nitrogens with zero attached hydrogens (tertiary/aromatic N) is 4. The van der Waals surface area contributed by atoms with Crippen LogP contribution in [-0.2, 0) is 4.79 Å². The molecule has 3 rings (SSSR count). The fourth-order valence-electron chi connectivity index (χ4n) is 3.33. The highest BCUT2D eigenvalue weighted by Gasteiger charge is 2.25. The molecule has 0 bridgehead atoms. The molecule has 2 heterocycles. The Balaban J connectivity index is 1.82. The van der Waals surface area contributed by atoms with Crippen molar-refractivity contribution in [3.05, 3.63) is 36.2 Å². The molecule has 1 fully saturated rings. The molecule has 1 saturated heterocycles. The van der Waals surface area contributed by atoms with Gasteiger partial charge in [0, 0.05) is 39.2 Å². The van der Waals surface area contributed by atoms with Gasteiger partial charge in [-0.15, -0.1) is 0 Å². The minimum Gasteiger partial charge on any atom is -0.481 e. The van der Waals surface area contributed by atoms with E-state index in [2.05, 4.69) is 9.97 Å². The minimum atomic E-state index is -0.837. The first-order valence-corrected chi connectivity index (χ1v) is 8.80. The van der Waals surface area contributed by atoms with E-state index in [-0.39, 0.29) is 18.0 Å². The smallest absolute Gasteiger partial charge is 0.303 e. The summed E-state index contributed by atoms with van der Waals surface area (Å²) >= 11 is 0. The van der Waals surface area contributed by atoms with Crippen molar-refractivity contribution < 1.29 is 18.7 Å². The summed E-state index contributed by atoms with van der Waals surface area (Å²) in [4.78, 5) is 22.7. The van der Waals surface area contributed by atoms with Crippen molar-refractivity contribution in [2.45, 2.75) is 19.3 Å². The maximum atomic E-state index is 14.7. The van der Waals surface area contributed by atoms with Crippen LogP contribution >= 0.6 is 0 Å². The zero-order valence-electron chi connectivity index (χ0n) is 15.3. The van der Waals surface area contributed by atoms with Gasteiger partial charge in [-0.1, -0.05) is 0 Å². The molecule has 6 nitrogen and oxygen atoms in total. The first-order chi connectivity index (χ1) is 12.8. The first kappa shape index (κ1) is 19.0. The highest BCUT2D eigenvalue weighted by atomic mass is 19.1. The van der Waals surface area contributed by atoms with E-state index in [4.69, 9.17) is 5.11 Å². The quantitative estimate of drug-likeness (QED) is 0.864. The van der Waals surface area contributed by atoms with Gasteiger partial charge in [0.15, 0.2) is 0 Å². The van der Waals surface area contributed by atoms with Crippen LogP contribution in [-0.4, -0.2) is 48.2 Å². The summed E-state index contributed by atoms with van der Waals surface area (Å²) in [5.74, 6) is -1.50. The Morgan fingerprint density at radius 2 is 1.85 bits per heavy atom. The van der Waals surface area contributed by atoms with Gasteiger partial charge in [-0.05, 0) is 30.9 Å². The lowest BCUT2D eigenvalue weighted by Gasteiger charge is -2.33. The number of aliphatic carboxylic acids is 1. The van der Waals surface area contributed by atoms with Crippen LogP contribution in [0.25, 0.3) is 11.3 Å². The summed E-state index contributed by atoms with van der Waals surface area (Å²) in [6.45, 7) is 0.863. The second-order valence-corrected chi connectivity index (χ2v) is 6.97. The van der Waals surface area contributed by atoms with Crippen LogP contribution in [0.1, 0.15) is 19.3 Å². The van der Waals surface area contributed by atoms with Gasteiger partial charge in [0.1, 0.15) is 23.1 Å². The topological polar surface area (TPSA) is 69.6 Å². The second kappa shape index (κ2) is 7.85. The van der Waals surface area contributed by atoms with E-state index in [0.717, 1.165) is 0 Å². The van der Waals surface area contributed by atoms with Gasteiger partial charge in [0.2, 0.25) is 0 Å². The highest BCUT2D eigenvalue weighted by Crippen LogP contribution is 2.32. The lowest BCUT2D eigenvalue weighted by molar-refractivity contribution is -0.138. The van der Waals surface area contributed by atoms with Gasteiger partial charge in [-0.25, -0.2) is 13.8 Å². The van der Waals surface area contributed by atoms with Crippen molar-refractivity contribution in [2.75, 3.05) is 37.0 Å². The predicted octanol–water partition coefficient (Wildman–Crippen LogP) is 3.18. The first-order valence-electron chi connectivity index (χ1n) is 8.80. The molecular weight excluding hydrogens is 354 g/mol. The number of rotatable bonds is 5. The molecular formula is C19H22F2N4O2. The summed E-state index contributed by atoms with van der Waals surface area (Å²) in [5.41, 5.74) is 0.653. The lowest BCUT2D eigenvalue weighted by atomic mass is 9.93. The van der Waals surface area contributed by atoms with Crippen LogP contribution in [0.5, 0.6) is 0 Å². The summed E-state index contributed by atoms with van der Waals surface area (Å²) in [5, 5.41) is 8.88.